The van der Waals surface area contributed by atoms with E-state index in [1.165, 1.54) is 6.20 Å². The fourth-order valence-corrected chi connectivity index (χ4v) is 2.07. The van der Waals surface area contributed by atoms with Crippen molar-refractivity contribution < 1.29 is 4.79 Å². The zero-order valence-electron chi connectivity index (χ0n) is 11.3. The van der Waals surface area contributed by atoms with Crippen molar-refractivity contribution in [2.24, 2.45) is 5.92 Å². The number of hydrogen-bond donors (Lipinski definition) is 1. The first-order chi connectivity index (χ1) is 8.43. The average Bonchev–Trinajstić information content (AvgIpc) is 2.28. The van der Waals surface area contributed by atoms with Gasteiger partial charge in [0.25, 0.3) is 5.91 Å². The van der Waals surface area contributed by atoms with Gasteiger partial charge >= 0.3 is 0 Å². The number of carbonyl (C=O) groups is 1. The van der Waals surface area contributed by atoms with Gasteiger partial charge in [-0.1, -0.05) is 25.4 Å². The average molecular weight is 270 g/mol. The predicted octanol–water partition coefficient (Wildman–Crippen LogP) is 2.05. The van der Waals surface area contributed by atoms with Gasteiger partial charge in [0.2, 0.25) is 0 Å². The van der Waals surface area contributed by atoms with Gasteiger partial charge in [-0.15, -0.1) is 0 Å². The van der Waals surface area contributed by atoms with E-state index in [-0.39, 0.29) is 5.91 Å². The lowest BCUT2D eigenvalue weighted by Gasteiger charge is -2.28. The van der Waals surface area contributed by atoms with E-state index >= 15 is 0 Å². The summed E-state index contributed by atoms with van der Waals surface area (Å²) in [7, 11) is 4.02. The normalized spacial score (nSPS) is 12.8. The van der Waals surface area contributed by atoms with E-state index in [4.69, 9.17) is 11.6 Å². The molecule has 1 rings (SSSR count). The van der Waals surface area contributed by atoms with Crippen LogP contribution in [-0.4, -0.2) is 42.5 Å². The molecular formula is C13H20ClN3O. The van der Waals surface area contributed by atoms with Crippen LogP contribution in [0.3, 0.4) is 0 Å². The molecule has 5 heteroatoms. The number of nitrogens with one attached hydrogen (secondary N) is 1. The van der Waals surface area contributed by atoms with E-state index in [1.54, 1.807) is 12.3 Å². The molecule has 1 atom stereocenters. The van der Waals surface area contributed by atoms with E-state index in [0.29, 0.717) is 29.1 Å². The molecule has 100 valence electrons. The van der Waals surface area contributed by atoms with Gasteiger partial charge < -0.3 is 10.2 Å². The molecule has 0 aromatic carbocycles. The minimum atomic E-state index is -0.157. The van der Waals surface area contributed by atoms with Gasteiger partial charge in [0.15, 0.2) is 0 Å². The number of amides is 1. The van der Waals surface area contributed by atoms with Crippen molar-refractivity contribution in [2.45, 2.75) is 19.9 Å². The quantitative estimate of drug-likeness (QED) is 0.890. The minimum Gasteiger partial charge on any atom is -0.350 e. The van der Waals surface area contributed by atoms with Crippen molar-refractivity contribution in [3.8, 4) is 0 Å². The fraction of sp³-hybridized carbons (Fsp3) is 0.538. The third-order valence-corrected chi connectivity index (χ3v) is 3.22. The molecule has 1 aromatic rings. The van der Waals surface area contributed by atoms with Gasteiger partial charge in [-0.05, 0) is 26.1 Å². The van der Waals surface area contributed by atoms with E-state index in [9.17, 15) is 4.79 Å². The zero-order chi connectivity index (χ0) is 13.7. The Morgan fingerprint density at radius 3 is 2.67 bits per heavy atom. The second kappa shape index (κ2) is 6.71. The lowest BCUT2D eigenvalue weighted by Crippen LogP contribution is -2.43. The van der Waals surface area contributed by atoms with Crippen molar-refractivity contribution in [3.05, 3.63) is 29.0 Å². The molecular weight excluding hydrogens is 250 g/mol. The molecule has 0 aliphatic rings. The van der Waals surface area contributed by atoms with Crippen LogP contribution in [0.5, 0.6) is 0 Å². The Morgan fingerprint density at radius 1 is 1.50 bits per heavy atom. The highest BCUT2D eigenvalue weighted by Crippen LogP contribution is 2.13. The van der Waals surface area contributed by atoms with E-state index in [2.05, 4.69) is 29.0 Å². The number of nitrogens with zero attached hydrogens (tertiary/aromatic N) is 2. The summed E-state index contributed by atoms with van der Waals surface area (Å²) in [5.41, 5.74) is 0.466. The van der Waals surface area contributed by atoms with Crippen LogP contribution in [0.1, 0.15) is 24.2 Å². The van der Waals surface area contributed by atoms with Crippen molar-refractivity contribution in [1.82, 2.24) is 15.2 Å². The Kier molecular flexibility index (Phi) is 5.56. The minimum absolute atomic E-state index is 0.157. The van der Waals surface area contributed by atoms with Crippen molar-refractivity contribution in [2.75, 3.05) is 20.6 Å². The topological polar surface area (TPSA) is 45.2 Å². The second-order valence-corrected chi connectivity index (χ2v) is 5.25. The van der Waals surface area contributed by atoms with Gasteiger partial charge in [0.1, 0.15) is 0 Å². The highest BCUT2D eigenvalue weighted by atomic mass is 35.5. The zero-order valence-corrected chi connectivity index (χ0v) is 12.0. The molecule has 4 nitrogen and oxygen atoms in total. The summed E-state index contributed by atoms with van der Waals surface area (Å²) < 4.78 is 0. The number of carbonyl (C=O) groups excluding carboxylic acids is 1. The van der Waals surface area contributed by atoms with Crippen LogP contribution in [0, 0.1) is 5.92 Å². The Hall–Kier alpha value is -1.13. The number of pyridine rings is 1. The maximum atomic E-state index is 12.0. The van der Waals surface area contributed by atoms with E-state index in [0.717, 1.165) is 0 Å². The van der Waals surface area contributed by atoms with E-state index < -0.39 is 0 Å². The van der Waals surface area contributed by atoms with Crippen LogP contribution < -0.4 is 5.32 Å². The van der Waals surface area contributed by atoms with E-state index in [1.807, 2.05) is 14.1 Å². The Labute approximate surface area is 113 Å². The molecule has 0 aliphatic carbocycles. The summed E-state index contributed by atoms with van der Waals surface area (Å²) in [6, 6.07) is 1.92. The van der Waals surface area contributed by atoms with Gasteiger partial charge in [-0.2, -0.15) is 0 Å². The number of halogens is 1. The first-order valence-electron chi connectivity index (χ1n) is 5.97. The van der Waals surface area contributed by atoms with Crippen LogP contribution in [0.4, 0.5) is 0 Å². The van der Waals surface area contributed by atoms with Crippen LogP contribution in [0.2, 0.25) is 5.02 Å². The Morgan fingerprint density at radius 2 is 2.17 bits per heavy atom. The maximum absolute atomic E-state index is 12.0. The number of aromatic nitrogens is 1. The molecule has 0 aliphatic heterocycles. The maximum Gasteiger partial charge on any atom is 0.252 e. The number of rotatable bonds is 5. The first-order valence-corrected chi connectivity index (χ1v) is 6.35. The molecule has 0 spiro atoms. The molecule has 0 saturated carbocycles. The van der Waals surface area contributed by atoms with Crippen molar-refractivity contribution in [1.29, 1.82) is 0 Å². The Bertz CT molecular complexity index is 399. The molecule has 1 N–H and O–H groups in total. The molecule has 0 saturated heterocycles. The molecule has 0 radical (unpaired) electrons. The smallest absolute Gasteiger partial charge is 0.252 e. The van der Waals surface area contributed by atoms with Gasteiger partial charge in [0, 0.05) is 25.0 Å². The second-order valence-electron chi connectivity index (χ2n) is 4.84. The van der Waals surface area contributed by atoms with Gasteiger partial charge in [-0.3, -0.25) is 9.78 Å². The summed E-state index contributed by atoms with van der Waals surface area (Å²) in [5, 5.41) is 3.29. The molecule has 1 unspecified atom stereocenters. The third-order valence-electron chi connectivity index (χ3n) is 2.92. The van der Waals surface area contributed by atoms with Crippen molar-refractivity contribution >= 4 is 17.5 Å². The summed E-state index contributed by atoms with van der Waals surface area (Å²) >= 11 is 5.93. The SMILES string of the molecule is CC(C)C(CNC(=O)c1ccncc1Cl)N(C)C. The fourth-order valence-electron chi connectivity index (χ4n) is 1.87. The van der Waals surface area contributed by atoms with Crippen LogP contribution >= 0.6 is 11.6 Å². The van der Waals surface area contributed by atoms with Gasteiger partial charge in [0.05, 0.1) is 10.6 Å². The van der Waals surface area contributed by atoms with Crippen LogP contribution in [0.25, 0.3) is 0 Å². The molecule has 1 amide bonds. The monoisotopic (exact) mass is 269 g/mol. The first kappa shape index (κ1) is 14.9. The highest BCUT2D eigenvalue weighted by Gasteiger charge is 2.17. The van der Waals surface area contributed by atoms with Crippen LogP contribution in [0.15, 0.2) is 18.5 Å². The van der Waals surface area contributed by atoms with Crippen molar-refractivity contribution in [3.63, 3.8) is 0 Å². The van der Waals surface area contributed by atoms with Crippen LogP contribution in [-0.2, 0) is 0 Å². The lowest BCUT2D eigenvalue weighted by molar-refractivity contribution is 0.0935. The predicted molar refractivity (Wildman–Crippen MR) is 73.9 cm³/mol. The molecule has 0 fully saturated rings. The standard InChI is InChI=1S/C13H20ClN3O/c1-9(2)12(17(3)4)8-16-13(18)10-5-6-15-7-11(10)14/h5-7,9,12H,8H2,1-4H3,(H,16,18). The van der Waals surface area contributed by atoms with Gasteiger partial charge in [-0.25, -0.2) is 0 Å². The highest BCUT2D eigenvalue weighted by molar-refractivity contribution is 6.33. The summed E-state index contributed by atoms with van der Waals surface area (Å²) in [4.78, 5) is 17.9. The molecule has 1 aromatic heterocycles. The summed E-state index contributed by atoms with van der Waals surface area (Å²) in [5.74, 6) is 0.308. The number of hydrogen-bond acceptors (Lipinski definition) is 3. The largest absolute Gasteiger partial charge is 0.350 e. The Balaban J connectivity index is 2.64. The molecule has 0 bridgehead atoms. The third kappa shape index (κ3) is 3.96. The summed E-state index contributed by atoms with van der Waals surface area (Å²) in [6.07, 6.45) is 3.04. The molecule has 18 heavy (non-hydrogen) atoms. The number of likely N-dealkylation sites (N-methyl/N-ethyl adjacent to an activating group) is 1. The summed E-state index contributed by atoms with van der Waals surface area (Å²) in [6.45, 7) is 4.87. The molecule has 1 heterocycles. The lowest BCUT2D eigenvalue weighted by atomic mass is 10.0.